The first kappa shape index (κ1) is 14.9. The predicted molar refractivity (Wildman–Crippen MR) is 67.9 cm³/mol. The first-order valence-corrected chi connectivity index (χ1v) is 5.78. The van der Waals surface area contributed by atoms with Gasteiger partial charge in [0, 0.05) is 19.2 Å². The first-order valence-electron chi connectivity index (χ1n) is 5.78. The molecule has 0 heterocycles. The first-order chi connectivity index (χ1) is 9.04. The van der Waals surface area contributed by atoms with E-state index >= 15 is 0 Å². The molecular weight excluding hydrogens is 252 g/mol. The van der Waals surface area contributed by atoms with Crippen molar-refractivity contribution in [1.82, 2.24) is 5.32 Å². The fraction of sp³-hybridized carbons (Fsp3) is 0.417. The molecule has 2 N–H and O–H groups in total. The summed E-state index contributed by atoms with van der Waals surface area (Å²) in [7, 11) is 0. The minimum absolute atomic E-state index is 0.0225. The Hall–Kier alpha value is -2.15. The van der Waals surface area contributed by atoms with Crippen LogP contribution >= 0.6 is 0 Å². The van der Waals surface area contributed by atoms with Crippen LogP contribution in [0.15, 0.2) is 24.3 Å². The summed E-state index contributed by atoms with van der Waals surface area (Å²) in [5, 5.41) is 22.1. The quantitative estimate of drug-likeness (QED) is 0.560. The van der Waals surface area contributed by atoms with Gasteiger partial charge in [-0.15, -0.1) is 0 Å². The van der Waals surface area contributed by atoms with E-state index in [1.807, 2.05) is 0 Å². The Kier molecular flexibility index (Phi) is 5.74. The van der Waals surface area contributed by atoms with Crippen LogP contribution in [0.1, 0.15) is 6.92 Å². The third-order valence-electron chi connectivity index (χ3n) is 2.38. The second-order valence-corrected chi connectivity index (χ2v) is 4.11. The fourth-order valence-electron chi connectivity index (χ4n) is 1.28. The summed E-state index contributed by atoms with van der Waals surface area (Å²) >= 11 is 0. The fourth-order valence-corrected chi connectivity index (χ4v) is 1.28. The molecule has 0 fully saturated rings. The van der Waals surface area contributed by atoms with Crippen LogP contribution < -0.4 is 10.1 Å². The van der Waals surface area contributed by atoms with E-state index in [1.165, 1.54) is 18.2 Å². The van der Waals surface area contributed by atoms with Crippen molar-refractivity contribution in [2.45, 2.75) is 6.92 Å². The standard InChI is InChI=1S/C12H16N2O5/c1-9(7-15)6-13-12(16)8-19-11-5-3-2-4-10(11)14(17)18/h2-5,9,15H,6-8H2,1H3,(H,13,16). The van der Waals surface area contributed by atoms with Crippen LogP contribution in [0.3, 0.4) is 0 Å². The van der Waals surface area contributed by atoms with Crippen molar-refractivity contribution in [2.75, 3.05) is 19.8 Å². The molecule has 0 aliphatic heterocycles. The zero-order valence-corrected chi connectivity index (χ0v) is 10.5. The number of nitro benzene ring substituents is 1. The van der Waals surface area contributed by atoms with Crippen LogP contribution in [0.25, 0.3) is 0 Å². The number of carbonyl (C=O) groups is 1. The van der Waals surface area contributed by atoms with Gasteiger partial charge in [-0.25, -0.2) is 0 Å². The van der Waals surface area contributed by atoms with Gasteiger partial charge >= 0.3 is 5.69 Å². The molecule has 7 nitrogen and oxygen atoms in total. The van der Waals surface area contributed by atoms with Crippen LogP contribution in [0.5, 0.6) is 5.75 Å². The van der Waals surface area contributed by atoms with E-state index in [4.69, 9.17) is 9.84 Å². The Balaban J connectivity index is 2.48. The van der Waals surface area contributed by atoms with Crippen molar-refractivity contribution in [3.8, 4) is 5.75 Å². The van der Waals surface area contributed by atoms with Crippen molar-refractivity contribution in [1.29, 1.82) is 0 Å². The summed E-state index contributed by atoms with van der Waals surface area (Å²) in [6.07, 6.45) is 0. The highest BCUT2D eigenvalue weighted by Crippen LogP contribution is 2.25. The van der Waals surface area contributed by atoms with Crippen molar-refractivity contribution in [2.24, 2.45) is 5.92 Å². The molecule has 0 bridgehead atoms. The lowest BCUT2D eigenvalue weighted by atomic mass is 10.2. The van der Waals surface area contributed by atoms with Crippen LogP contribution in [0.4, 0.5) is 5.69 Å². The second-order valence-electron chi connectivity index (χ2n) is 4.11. The number of nitrogens with one attached hydrogen (secondary N) is 1. The molecule has 7 heteroatoms. The number of hydrogen-bond acceptors (Lipinski definition) is 5. The number of rotatable bonds is 7. The Bertz CT molecular complexity index is 450. The van der Waals surface area contributed by atoms with E-state index < -0.39 is 10.8 Å². The van der Waals surface area contributed by atoms with Crippen LogP contribution in [0, 0.1) is 16.0 Å². The maximum Gasteiger partial charge on any atom is 0.310 e. The smallest absolute Gasteiger partial charge is 0.310 e. The van der Waals surface area contributed by atoms with E-state index in [2.05, 4.69) is 5.32 Å². The van der Waals surface area contributed by atoms with Gasteiger partial charge in [-0.05, 0) is 12.0 Å². The van der Waals surface area contributed by atoms with Gasteiger partial charge in [0.15, 0.2) is 12.4 Å². The number of amides is 1. The van der Waals surface area contributed by atoms with Gasteiger partial charge in [0.25, 0.3) is 5.91 Å². The van der Waals surface area contributed by atoms with E-state index in [0.29, 0.717) is 6.54 Å². The molecule has 19 heavy (non-hydrogen) atoms. The van der Waals surface area contributed by atoms with Gasteiger partial charge < -0.3 is 15.2 Å². The van der Waals surface area contributed by atoms with Crippen molar-refractivity contribution >= 4 is 11.6 Å². The van der Waals surface area contributed by atoms with E-state index in [9.17, 15) is 14.9 Å². The Labute approximate surface area is 110 Å². The summed E-state index contributed by atoms with van der Waals surface area (Å²) in [4.78, 5) is 21.6. The largest absolute Gasteiger partial charge is 0.477 e. The SMILES string of the molecule is CC(CO)CNC(=O)COc1ccccc1[N+](=O)[O-]. The van der Waals surface area contributed by atoms with Crippen LogP contribution in [-0.4, -0.2) is 35.7 Å². The average Bonchev–Trinajstić information content (AvgIpc) is 2.42. The molecular formula is C12H16N2O5. The lowest BCUT2D eigenvalue weighted by Gasteiger charge is -2.10. The Morgan fingerprint density at radius 2 is 2.21 bits per heavy atom. The van der Waals surface area contributed by atoms with E-state index in [0.717, 1.165) is 0 Å². The number of para-hydroxylation sites is 2. The molecule has 1 aromatic carbocycles. The lowest BCUT2D eigenvalue weighted by molar-refractivity contribution is -0.385. The van der Waals surface area contributed by atoms with E-state index in [1.54, 1.807) is 13.0 Å². The minimum Gasteiger partial charge on any atom is -0.477 e. The van der Waals surface area contributed by atoms with Crippen molar-refractivity contribution in [3.63, 3.8) is 0 Å². The minimum atomic E-state index is -0.568. The molecule has 1 atom stereocenters. The summed E-state index contributed by atoms with van der Waals surface area (Å²) < 4.78 is 5.11. The monoisotopic (exact) mass is 268 g/mol. The van der Waals surface area contributed by atoms with Gasteiger partial charge in [0.1, 0.15) is 0 Å². The number of aliphatic hydroxyl groups is 1. The van der Waals surface area contributed by atoms with Crippen molar-refractivity contribution < 1.29 is 19.6 Å². The molecule has 0 radical (unpaired) electrons. The van der Waals surface area contributed by atoms with Gasteiger partial charge in [0.2, 0.25) is 0 Å². The maximum atomic E-state index is 11.4. The van der Waals surface area contributed by atoms with E-state index in [-0.39, 0.29) is 30.6 Å². The topological polar surface area (TPSA) is 102 Å². The maximum absolute atomic E-state index is 11.4. The molecule has 1 amide bonds. The van der Waals surface area contributed by atoms with Crippen LogP contribution in [-0.2, 0) is 4.79 Å². The number of nitro groups is 1. The number of ether oxygens (including phenoxy) is 1. The molecule has 1 aromatic rings. The lowest BCUT2D eigenvalue weighted by Crippen LogP contribution is -2.33. The zero-order valence-electron chi connectivity index (χ0n) is 10.5. The molecule has 0 aliphatic carbocycles. The summed E-state index contributed by atoms with van der Waals surface area (Å²) in [6.45, 7) is 1.78. The molecule has 0 saturated carbocycles. The summed E-state index contributed by atoms with van der Waals surface area (Å²) in [5.41, 5.74) is -0.181. The number of benzene rings is 1. The van der Waals surface area contributed by atoms with Crippen LogP contribution in [0.2, 0.25) is 0 Å². The molecule has 0 spiro atoms. The number of nitrogens with zero attached hydrogens (tertiary/aromatic N) is 1. The number of aliphatic hydroxyl groups excluding tert-OH is 1. The predicted octanol–water partition coefficient (Wildman–Crippen LogP) is 0.718. The number of carbonyl (C=O) groups excluding carboxylic acids is 1. The second kappa shape index (κ2) is 7.32. The third-order valence-corrected chi connectivity index (χ3v) is 2.38. The Morgan fingerprint density at radius 1 is 1.53 bits per heavy atom. The Morgan fingerprint density at radius 3 is 2.84 bits per heavy atom. The van der Waals surface area contributed by atoms with Crippen molar-refractivity contribution in [3.05, 3.63) is 34.4 Å². The molecule has 0 saturated heterocycles. The van der Waals surface area contributed by atoms with Gasteiger partial charge in [-0.2, -0.15) is 0 Å². The molecule has 0 aliphatic rings. The molecule has 1 rings (SSSR count). The molecule has 0 aromatic heterocycles. The van der Waals surface area contributed by atoms with Gasteiger partial charge in [-0.3, -0.25) is 14.9 Å². The zero-order chi connectivity index (χ0) is 14.3. The molecule has 1 unspecified atom stereocenters. The highest BCUT2D eigenvalue weighted by atomic mass is 16.6. The van der Waals surface area contributed by atoms with Gasteiger partial charge in [0.05, 0.1) is 4.92 Å². The average molecular weight is 268 g/mol. The van der Waals surface area contributed by atoms with Gasteiger partial charge in [-0.1, -0.05) is 19.1 Å². The third kappa shape index (κ3) is 4.92. The highest BCUT2D eigenvalue weighted by molar-refractivity contribution is 5.77. The number of hydrogen-bond donors (Lipinski definition) is 2. The molecule has 104 valence electrons. The highest BCUT2D eigenvalue weighted by Gasteiger charge is 2.14. The normalized spacial score (nSPS) is 11.7. The summed E-state index contributed by atoms with van der Waals surface area (Å²) in [5.74, 6) is -0.383. The summed E-state index contributed by atoms with van der Waals surface area (Å²) in [6, 6.07) is 5.85.